The number of hydrogen-bond acceptors (Lipinski definition) is 2. The lowest BCUT2D eigenvalue weighted by molar-refractivity contribution is -0.771. The molecule has 4 heteroatoms. The molecule has 2 aromatic heterocycles. The van der Waals surface area contributed by atoms with E-state index in [-0.39, 0.29) is 33.8 Å². The third-order valence-corrected chi connectivity index (χ3v) is 10.0. The van der Waals surface area contributed by atoms with E-state index < -0.39 is 0 Å². The van der Waals surface area contributed by atoms with Crippen LogP contribution < -0.4 is 4.68 Å². The summed E-state index contributed by atoms with van der Waals surface area (Å²) in [6, 6.07) is 18.8. The first-order valence-electron chi connectivity index (χ1n) is 16.9. The van der Waals surface area contributed by atoms with Gasteiger partial charge in [-0.1, -0.05) is 111 Å². The third kappa shape index (κ3) is 5.57. The standard InChI is InChI=1S/C40H57N2O2/c1-13-40(14-2)30-20-17-19-28-27(26-37(3,4)5)24-32-29-18-15-16-21-31(29)41(42(32)36(28)30)33(40)22-23-44-35(39(9,10)11)25-34(43-12)38(6,7)8/h15-21,24-25,33-34H,13-14,22-23,26H2,1-12H3/q+1. The molecular formula is C40H57N2O2+. The van der Waals surface area contributed by atoms with Crippen molar-refractivity contribution in [2.45, 2.75) is 119 Å². The number of allylic oxidation sites excluding steroid dienone is 1. The van der Waals surface area contributed by atoms with Crippen LogP contribution in [0.1, 0.15) is 113 Å². The molecular weight excluding hydrogens is 540 g/mol. The molecule has 0 saturated carbocycles. The summed E-state index contributed by atoms with van der Waals surface area (Å²) in [6.45, 7) is 25.9. The quantitative estimate of drug-likeness (QED) is 0.142. The number of rotatable bonds is 9. The van der Waals surface area contributed by atoms with Gasteiger partial charge in [0.05, 0.1) is 29.3 Å². The maximum Gasteiger partial charge on any atom is 0.240 e. The van der Waals surface area contributed by atoms with Crippen molar-refractivity contribution in [1.29, 1.82) is 0 Å². The number of aromatic nitrogens is 2. The number of para-hydroxylation sites is 2. The van der Waals surface area contributed by atoms with Gasteiger partial charge in [0, 0.05) is 30.4 Å². The second kappa shape index (κ2) is 11.5. The summed E-state index contributed by atoms with van der Waals surface area (Å²) in [5, 5.41) is 2.72. The zero-order valence-electron chi connectivity index (χ0n) is 29.6. The Hall–Kier alpha value is -2.85. The lowest BCUT2D eigenvalue weighted by Gasteiger charge is -2.40. The van der Waals surface area contributed by atoms with Gasteiger partial charge in [0.1, 0.15) is 11.0 Å². The van der Waals surface area contributed by atoms with Gasteiger partial charge in [0.15, 0.2) is 6.04 Å². The first-order valence-corrected chi connectivity index (χ1v) is 16.9. The number of nitrogens with zero attached hydrogens (tertiary/aromatic N) is 2. The predicted molar refractivity (Wildman–Crippen MR) is 185 cm³/mol. The SMILES string of the molecule is CCC1(CC)c2cccc3c(CC(C)(C)C)cc4c5ccccc5[n+](n4c23)C1CCOC(=CC(OC)C(C)(C)C)C(C)(C)C. The zero-order valence-corrected chi connectivity index (χ0v) is 29.6. The Morgan fingerprint density at radius 1 is 0.932 bits per heavy atom. The zero-order chi connectivity index (χ0) is 32.2. The van der Waals surface area contributed by atoms with Crippen LogP contribution in [0.25, 0.3) is 27.3 Å². The molecule has 2 unspecified atom stereocenters. The van der Waals surface area contributed by atoms with Gasteiger partial charge in [0.25, 0.3) is 0 Å². The molecule has 0 saturated heterocycles. The van der Waals surface area contributed by atoms with Crippen LogP contribution in [0.15, 0.2) is 60.4 Å². The van der Waals surface area contributed by atoms with E-state index in [1.165, 1.54) is 38.4 Å². The summed E-state index contributed by atoms with van der Waals surface area (Å²) >= 11 is 0. The van der Waals surface area contributed by atoms with Gasteiger partial charge < -0.3 is 9.47 Å². The molecule has 1 aliphatic rings. The minimum Gasteiger partial charge on any atom is -0.497 e. The second-order valence-electron chi connectivity index (χ2n) is 16.5. The fraction of sp³-hybridized carbons (Fsp3) is 0.575. The van der Waals surface area contributed by atoms with Gasteiger partial charge >= 0.3 is 0 Å². The summed E-state index contributed by atoms with van der Waals surface area (Å²) in [4.78, 5) is 0. The second-order valence-corrected chi connectivity index (χ2v) is 16.5. The van der Waals surface area contributed by atoms with Crippen LogP contribution in [0.2, 0.25) is 0 Å². The van der Waals surface area contributed by atoms with Gasteiger partial charge in [0.2, 0.25) is 5.52 Å². The summed E-state index contributed by atoms with van der Waals surface area (Å²) in [5.74, 6) is 1.01. The van der Waals surface area contributed by atoms with E-state index in [1.807, 2.05) is 0 Å². The summed E-state index contributed by atoms with van der Waals surface area (Å²) in [6.07, 6.45) is 6.31. The first-order chi connectivity index (χ1) is 20.6. The average Bonchev–Trinajstić information content (AvgIpc) is 3.27. The first kappa shape index (κ1) is 32.5. The van der Waals surface area contributed by atoms with E-state index in [0.717, 1.165) is 31.4 Å². The minimum absolute atomic E-state index is 0.00989. The molecule has 0 amide bonds. The number of pyridine rings is 1. The Morgan fingerprint density at radius 2 is 1.59 bits per heavy atom. The molecule has 4 nitrogen and oxygen atoms in total. The molecule has 4 aromatic rings. The lowest BCUT2D eigenvalue weighted by Crippen LogP contribution is -2.58. The Labute approximate surface area is 266 Å². The van der Waals surface area contributed by atoms with Crippen LogP contribution in [-0.2, 0) is 21.3 Å². The Morgan fingerprint density at radius 3 is 2.18 bits per heavy atom. The molecule has 44 heavy (non-hydrogen) atoms. The average molecular weight is 598 g/mol. The highest BCUT2D eigenvalue weighted by Crippen LogP contribution is 2.48. The molecule has 238 valence electrons. The van der Waals surface area contributed by atoms with Gasteiger partial charge in [-0.05, 0) is 59.4 Å². The monoisotopic (exact) mass is 597 g/mol. The fourth-order valence-corrected chi connectivity index (χ4v) is 7.81. The number of fused-ring (bicyclic) bond motifs is 3. The predicted octanol–water partition coefficient (Wildman–Crippen LogP) is 10.1. The van der Waals surface area contributed by atoms with E-state index in [0.29, 0.717) is 6.61 Å². The topological polar surface area (TPSA) is 26.8 Å². The van der Waals surface area contributed by atoms with Gasteiger partial charge in [-0.3, -0.25) is 0 Å². The molecule has 2 atom stereocenters. The van der Waals surface area contributed by atoms with Crippen LogP contribution in [-0.4, -0.2) is 24.3 Å². The van der Waals surface area contributed by atoms with E-state index in [1.54, 1.807) is 7.11 Å². The normalized spacial score (nSPS) is 18.1. The molecule has 0 spiro atoms. The summed E-state index contributed by atoms with van der Waals surface area (Å²) in [5.41, 5.74) is 7.01. The largest absolute Gasteiger partial charge is 0.497 e. The van der Waals surface area contributed by atoms with Crippen LogP contribution >= 0.6 is 0 Å². The number of benzene rings is 2. The molecule has 0 aliphatic carbocycles. The number of ether oxygens (including phenoxy) is 2. The third-order valence-electron chi connectivity index (χ3n) is 10.0. The molecule has 5 rings (SSSR count). The lowest BCUT2D eigenvalue weighted by atomic mass is 9.67. The van der Waals surface area contributed by atoms with Crippen molar-refractivity contribution >= 4 is 27.3 Å². The van der Waals surface area contributed by atoms with Crippen LogP contribution in [0, 0.1) is 16.2 Å². The van der Waals surface area contributed by atoms with E-state index in [2.05, 4.69) is 140 Å². The molecule has 1 aliphatic heterocycles. The minimum atomic E-state index is -0.120. The summed E-state index contributed by atoms with van der Waals surface area (Å²) in [7, 11) is 1.80. The van der Waals surface area contributed by atoms with Crippen molar-refractivity contribution in [3.8, 4) is 0 Å². The van der Waals surface area contributed by atoms with E-state index >= 15 is 0 Å². The van der Waals surface area contributed by atoms with Crippen LogP contribution in [0.5, 0.6) is 0 Å². The number of hydrogen-bond donors (Lipinski definition) is 0. The Balaban J connectivity index is 1.69. The smallest absolute Gasteiger partial charge is 0.240 e. The number of methoxy groups -OCH3 is 1. The molecule has 0 fully saturated rings. The molecule has 0 radical (unpaired) electrons. The van der Waals surface area contributed by atoms with Crippen molar-refractivity contribution in [2.75, 3.05) is 13.7 Å². The van der Waals surface area contributed by atoms with Gasteiger partial charge in [-0.2, -0.15) is 0 Å². The fourth-order valence-electron chi connectivity index (χ4n) is 7.81. The van der Waals surface area contributed by atoms with Crippen molar-refractivity contribution in [1.82, 2.24) is 4.52 Å². The van der Waals surface area contributed by atoms with Gasteiger partial charge in [-0.25, -0.2) is 0 Å². The van der Waals surface area contributed by atoms with Crippen molar-refractivity contribution in [3.05, 3.63) is 71.5 Å². The molecule has 0 bridgehead atoms. The van der Waals surface area contributed by atoms with Crippen molar-refractivity contribution in [3.63, 3.8) is 0 Å². The van der Waals surface area contributed by atoms with Gasteiger partial charge in [-0.15, -0.1) is 4.52 Å². The Kier molecular flexibility index (Phi) is 8.51. The van der Waals surface area contributed by atoms with Crippen molar-refractivity contribution in [2.24, 2.45) is 16.2 Å². The molecule has 3 heterocycles. The molecule has 2 aromatic carbocycles. The molecule has 0 N–H and O–H groups in total. The maximum absolute atomic E-state index is 6.80. The highest BCUT2D eigenvalue weighted by molar-refractivity contribution is 5.99. The van der Waals surface area contributed by atoms with Crippen LogP contribution in [0.4, 0.5) is 0 Å². The maximum atomic E-state index is 6.80. The summed E-state index contributed by atoms with van der Waals surface area (Å²) < 4.78 is 17.9. The van der Waals surface area contributed by atoms with Crippen LogP contribution in [0.3, 0.4) is 0 Å². The highest BCUT2D eigenvalue weighted by atomic mass is 16.5. The van der Waals surface area contributed by atoms with Crippen molar-refractivity contribution < 1.29 is 14.2 Å². The highest BCUT2D eigenvalue weighted by Gasteiger charge is 2.51. The van der Waals surface area contributed by atoms with E-state index in [9.17, 15) is 0 Å². The van der Waals surface area contributed by atoms with E-state index in [4.69, 9.17) is 9.47 Å². The Bertz CT molecular complexity index is 1680.